The van der Waals surface area contributed by atoms with E-state index in [4.69, 9.17) is 9.47 Å². The second-order valence-electron chi connectivity index (χ2n) is 8.30. The summed E-state index contributed by atoms with van der Waals surface area (Å²) in [6, 6.07) is -0.0918. The van der Waals surface area contributed by atoms with Crippen LogP contribution in [0.1, 0.15) is 63.1 Å². The van der Waals surface area contributed by atoms with Crippen LogP contribution in [-0.2, 0) is 14.3 Å². The molecule has 1 aliphatic heterocycles. The average Bonchev–Trinajstić information content (AvgIpc) is 3.24. The quantitative estimate of drug-likeness (QED) is 0.766. The molecule has 10 heteroatoms. The van der Waals surface area contributed by atoms with Crippen molar-refractivity contribution < 1.29 is 23.9 Å². The van der Waals surface area contributed by atoms with Gasteiger partial charge >= 0.3 is 12.1 Å². The minimum Gasteiger partial charge on any atom is -0.467 e. The smallest absolute Gasteiger partial charge is 0.410 e. The van der Waals surface area contributed by atoms with Crippen molar-refractivity contribution in [2.75, 3.05) is 20.2 Å². The zero-order valence-electron chi connectivity index (χ0n) is 16.7. The molecule has 2 fully saturated rings. The van der Waals surface area contributed by atoms with E-state index in [0.29, 0.717) is 25.9 Å². The number of amides is 2. The maximum atomic E-state index is 12.4. The Bertz CT molecular complexity index is 765. The van der Waals surface area contributed by atoms with Gasteiger partial charge in [0.15, 0.2) is 0 Å². The molecule has 0 spiro atoms. The number of nitrogens with zero attached hydrogens (tertiary/aromatic N) is 4. The highest BCUT2D eigenvalue weighted by Gasteiger charge is 2.53. The van der Waals surface area contributed by atoms with E-state index in [1.165, 1.54) is 13.4 Å². The maximum absolute atomic E-state index is 12.4. The fourth-order valence-corrected chi connectivity index (χ4v) is 3.19. The standard InChI is InChI=1S/C18H27N5O5/c1-17(2,3)28-16(26)22-9-5-6-12(10-22)23-11-19-13(21-23)14(24)20-18(7-8-18)15(25)27-4/h11-12H,5-10H2,1-4H3,(H,20,24)/t12-/m1/s1. The number of carbonyl (C=O) groups excluding carboxylic acids is 3. The Balaban J connectivity index is 1.62. The van der Waals surface area contributed by atoms with E-state index in [1.807, 2.05) is 20.8 Å². The minimum absolute atomic E-state index is 0.00966. The van der Waals surface area contributed by atoms with Gasteiger partial charge in [-0.3, -0.25) is 4.79 Å². The summed E-state index contributed by atoms with van der Waals surface area (Å²) in [6.07, 6.45) is 3.82. The number of methoxy groups -OCH3 is 1. The topological polar surface area (TPSA) is 116 Å². The largest absolute Gasteiger partial charge is 0.467 e. The predicted molar refractivity (Wildman–Crippen MR) is 97.5 cm³/mol. The van der Waals surface area contributed by atoms with Gasteiger partial charge in [-0.25, -0.2) is 19.3 Å². The molecule has 1 saturated heterocycles. The van der Waals surface area contributed by atoms with Crippen molar-refractivity contribution >= 4 is 18.0 Å². The molecule has 1 saturated carbocycles. The molecule has 2 aliphatic rings. The number of rotatable bonds is 4. The van der Waals surface area contributed by atoms with Crippen molar-refractivity contribution in [2.45, 2.75) is 63.6 Å². The molecule has 1 aromatic heterocycles. The van der Waals surface area contributed by atoms with Crippen LogP contribution in [0.25, 0.3) is 0 Å². The molecule has 1 aliphatic carbocycles. The van der Waals surface area contributed by atoms with Crippen molar-refractivity contribution in [1.29, 1.82) is 0 Å². The number of aromatic nitrogens is 3. The number of nitrogens with one attached hydrogen (secondary N) is 1. The summed E-state index contributed by atoms with van der Waals surface area (Å²) in [6.45, 7) is 6.54. The van der Waals surface area contributed by atoms with Gasteiger partial charge in [0.05, 0.1) is 13.2 Å². The lowest BCUT2D eigenvalue weighted by atomic mass is 10.1. The van der Waals surface area contributed by atoms with E-state index in [2.05, 4.69) is 15.4 Å². The number of hydrogen-bond donors (Lipinski definition) is 1. The average molecular weight is 393 g/mol. The molecule has 3 rings (SSSR count). The van der Waals surface area contributed by atoms with Crippen LogP contribution in [-0.4, -0.2) is 69.0 Å². The SMILES string of the molecule is COC(=O)C1(NC(=O)c2ncn([C@@H]3CCCN(C(=O)OC(C)(C)C)C3)n2)CC1. The molecule has 154 valence electrons. The van der Waals surface area contributed by atoms with Crippen LogP contribution >= 0.6 is 0 Å². The lowest BCUT2D eigenvalue weighted by Gasteiger charge is -2.33. The third kappa shape index (κ3) is 4.42. The first-order valence-corrected chi connectivity index (χ1v) is 9.43. The number of carbonyl (C=O) groups is 3. The predicted octanol–water partition coefficient (Wildman–Crippen LogP) is 1.29. The molecule has 10 nitrogen and oxygen atoms in total. The van der Waals surface area contributed by atoms with E-state index < -0.39 is 23.0 Å². The summed E-state index contributed by atoms with van der Waals surface area (Å²) < 4.78 is 11.8. The number of hydrogen-bond acceptors (Lipinski definition) is 7. The van der Waals surface area contributed by atoms with E-state index in [-0.39, 0.29) is 18.0 Å². The highest BCUT2D eigenvalue weighted by atomic mass is 16.6. The van der Waals surface area contributed by atoms with Crippen molar-refractivity contribution in [2.24, 2.45) is 0 Å². The fourth-order valence-electron chi connectivity index (χ4n) is 3.19. The van der Waals surface area contributed by atoms with Crippen LogP contribution in [0.3, 0.4) is 0 Å². The van der Waals surface area contributed by atoms with E-state index >= 15 is 0 Å². The Morgan fingerprint density at radius 1 is 1.29 bits per heavy atom. The first-order valence-electron chi connectivity index (χ1n) is 9.43. The molecule has 28 heavy (non-hydrogen) atoms. The summed E-state index contributed by atoms with van der Waals surface area (Å²) in [4.78, 5) is 42.2. The third-order valence-corrected chi connectivity index (χ3v) is 4.81. The Morgan fingerprint density at radius 2 is 2.00 bits per heavy atom. The molecule has 0 aromatic carbocycles. The third-order valence-electron chi connectivity index (χ3n) is 4.81. The number of ether oxygens (including phenoxy) is 2. The molecular formula is C18H27N5O5. The lowest BCUT2D eigenvalue weighted by molar-refractivity contribution is -0.144. The number of piperidine rings is 1. The summed E-state index contributed by atoms with van der Waals surface area (Å²) >= 11 is 0. The molecule has 2 heterocycles. The highest BCUT2D eigenvalue weighted by Crippen LogP contribution is 2.36. The Hall–Kier alpha value is -2.65. The van der Waals surface area contributed by atoms with Gasteiger partial charge in [0, 0.05) is 13.1 Å². The lowest BCUT2D eigenvalue weighted by Crippen LogP contribution is -2.44. The molecule has 2 amide bonds. The van der Waals surface area contributed by atoms with Gasteiger partial charge in [0.25, 0.3) is 5.91 Å². The van der Waals surface area contributed by atoms with Crippen LogP contribution in [0.4, 0.5) is 4.79 Å². The van der Waals surface area contributed by atoms with Gasteiger partial charge in [-0.15, -0.1) is 5.10 Å². The van der Waals surface area contributed by atoms with Crippen molar-refractivity contribution in [3.05, 3.63) is 12.2 Å². The second kappa shape index (κ2) is 7.40. The van der Waals surface area contributed by atoms with Crippen LogP contribution in [0.2, 0.25) is 0 Å². The first kappa shape index (κ1) is 20.1. The van der Waals surface area contributed by atoms with Crippen LogP contribution < -0.4 is 5.32 Å². The molecule has 1 N–H and O–H groups in total. The van der Waals surface area contributed by atoms with E-state index in [1.54, 1.807) is 9.58 Å². The molecule has 1 aromatic rings. The van der Waals surface area contributed by atoms with Gasteiger partial charge in [0.1, 0.15) is 17.5 Å². The second-order valence-corrected chi connectivity index (χ2v) is 8.30. The van der Waals surface area contributed by atoms with Gasteiger partial charge in [-0.2, -0.15) is 0 Å². The van der Waals surface area contributed by atoms with Gasteiger partial charge in [-0.05, 0) is 46.5 Å². The number of likely N-dealkylation sites (tertiary alicyclic amines) is 1. The van der Waals surface area contributed by atoms with Gasteiger partial charge in [0.2, 0.25) is 5.82 Å². The van der Waals surface area contributed by atoms with Crippen LogP contribution in [0.15, 0.2) is 6.33 Å². The van der Waals surface area contributed by atoms with E-state index in [0.717, 1.165) is 12.8 Å². The Kier molecular flexibility index (Phi) is 5.31. The number of esters is 1. The van der Waals surface area contributed by atoms with Gasteiger partial charge < -0.3 is 19.7 Å². The molecule has 0 unspecified atom stereocenters. The maximum Gasteiger partial charge on any atom is 0.410 e. The monoisotopic (exact) mass is 393 g/mol. The van der Waals surface area contributed by atoms with Crippen LogP contribution in [0, 0.1) is 0 Å². The normalized spacial score (nSPS) is 21.0. The highest BCUT2D eigenvalue weighted by molar-refractivity contribution is 5.96. The molecule has 0 radical (unpaired) electrons. The summed E-state index contributed by atoms with van der Waals surface area (Å²) in [5.41, 5.74) is -1.50. The molecular weight excluding hydrogens is 366 g/mol. The van der Waals surface area contributed by atoms with Crippen molar-refractivity contribution in [3.8, 4) is 0 Å². The summed E-state index contributed by atoms with van der Waals surface area (Å²) in [5, 5.41) is 6.93. The Labute approximate surface area is 163 Å². The van der Waals surface area contributed by atoms with Crippen LogP contribution in [0.5, 0.6) is 0 Å². The van der Waals surface area contributed by atoms with Crippen molar-refractivity contribution in [1.82, 2.24) is 25.0 Å². The van der Waals surface area contributed by atoms with E-state index in [9.17, 15) is 14.4 Å². The first-order chi connectivity index (χ1) is 13.1. The summed E-state index contributed by atoms with van der Waals surface area (Å²) in [7, 11) is 1.29. The summed E-state index contributed by atoms with van der Waals surface area (Å²) in [5.74, 6) is -0.980. The zero-order chi connectivity index (χ0) is 20.5. The Morgan fingerprint density at radius 3 is 2.61 bits per heavy atom. The van der Waals surface area contributed by atoms with Crippen molar-refractivity contribution in [3.63, 3.8) is 0 Å². The fraction of sp³-hybridized carbons (Fsp3) is 0.722. The molecule has 0 bridgehead atoms. The zero-order valence-corrected chi connectivity index (χ0v) is 16.7. The van der Waals surface area contributed by atoms with Gasteiger partial charge in [-0.1, -0.05) is 0 Å². The molecule has 1 atom stereocenters. The minimum atomic E-state index is -0.949.